The highest BCUT2D eigenvalue weighted by Crippen LogP contribution is 2.17. The van der Waals surface area contributed by atoms with Crippen LogP contribution in [0.1, 0.15) is 0 Å². The molecule has 1 aliphatic heterocycles. The monoisotopic (exact) mass is 174 g/mol. The molecule has 11 heavy (non-hydrogen) atoms. The van der Waals surface area contributed by atoms with E-state index in [1.165, 1.54) is 6.08 Å². The molecule has 5 heteroatoms. The molecule has 1 rings (SSSR count). The first-order chi connectivity index (χ1) is 5.11. The summed E-state index contributed by atoms with van der Waals surface area (Å²) in [6, 6.07) is 0. The lowest BCUT2D eigenvalue weighted by molar-refractivity contribution is -0.428. The largest absolute Gasteiger partial charge is 0.370 e. The van der Waals surface area contributed by atoms with Crippen molar-refractivity contribution < 1.29 is 4.92 Å². The molecule has 0 radical (unpaired) electrons. The molecule has 60 valence electrons. The Morgan fingerprint density at radius 3 is 2.91 bits per heavy atom. The molecular formula is C6H7ClN2O2. The lowest BCUT2D eigenvalue weighted by Gasteiger charge is -2.15. The Morgan fingerprint density at radius 1 is 1.82 bits per heavy atom. The van der Waals surface area contributed by atoms with Gasteiger partial charge in [-0.15, -0.1) is 0 Å². The van der Waals surface area contributed by atoms with Crippen molar-refractivity contribution in [2.45, 2.75) is 0 Å². The molecule has 0 saturated heterocycles. The average molecular weight is 175 g/mol. The third-order valence-corrected chi connectivity index (χ3v) is 1.71. The Kier molecular flexibility index (Phi) is 2.14. The quantitative estimate of drug-likeness (QED) is 0.443. The zero-order valence-corrected chi connectivity index (χ0v) is 6.71. The van der Waals surface area contributed by atoms with E-state index in [2.05, 4.69) is 0 Å². The van der Waals surface area contributed by atoms with E-state index in [9.17, 15) is 10.1 Å². The van der Waals surface area contributed by atoms with Crippen molar-refractivity contribution in [3.05, 3.63) is 33.1 Å². The zero-order valence-electron chi connectivity index (χ0n) is 5.95. The molecule has 0 unspecified atom stereocenters. The summed E-state index contributed by atoms with van der Waals surface area (Å²) in [5, 5.41) is 10.5. The molecule has 0 fully saturated rings. The van der Waals surface area contributed by atoms with Crippen LogP contribution in [0.15, 0.2) is 23.0 Å². The summed E-state index contributed by atoms with van der Waals surface area (Å²) in [6.07, 6.45) is 3.22. The Labute approximate surface area is 68.9 Å². The van der Waals surface area contributed by atoms with Crippen LogP contribution in [-0.4, -0.2) is 23.4 Å². The van der Waals surface area contributed by atoms with Gasteiger partial charge in [-0.25, -0.2) is 0 Å². The molecule has 0 aromatic heterocycles. The fraction of sp³-hybridized carbons (Fsp3) is 0.333. The first-order valence-electron chi connectivity index (χ1n) is 3.02. The van der Waals surface area contributed by atoms with Crippen molar-refractivity contribution in [3.8, 4) is 0 Å². The number of hydrogen-bond acceptors (Lipinski definition) is 3. The lowest BCUT2D eigenvalue weighted by Crippen LogP contribution is -2.22. The standard InChI is InChI=1S/C6H7ClN2O2/c1-8-3-2-5(7)6(4-8)9(10)11/h2-3H,4H2,1H3. The first kappa shape index (κ1) is 8.07. The SMILES string of the molecule is CN1C=CC(Cl)=C([N+](=O)[O-])C1. The summed E-state index contributed by atoms with van der Waals surface area (Å²) in [5.74, 6) is 0. The third-order valence-electron chi connectivity index (χ3n) is 1.37. The van der Waals surface area contributed by atoms with E-state index < -0.39 is 4.92 Å². The third kappa shape index (κ3) is 1.71. The topological polar surface area (TPSA) is 46.4 Å². The molecule has 0 aliphatic carbocycles. The van der Waals surface area contributed by atoms with E-state index in [0.717, 1.165) is 0 Å². The normalized spacial score (nSPS) is 17.5. The van der Waals surface area contributed by atoms with E-state index in [-0.39, 0.29) is 17.3 Å². The molecule has 0 aromatic rings. The second-order valence-electron chi connectivity index (χ2n) is 2.28. The second kappa shape index (κ2) is 2.92. The molecule has 1 heterocycles. The van der Waals surface area contributed by atoms with Crippen molar-refractivity contribution in [1.82, 2.24) is 4.90 Å². The molecular weight excluding hydrogens is 168 g/mol. The number of rotatable bonds is 1. The van der Waals surface area contributed by atoms with Gasteiger partial charge < -0.3 is 4.90 Å². The van der Waals surface area contributed by atoms with Crippen LogP contribution >= 0.6 is 11.6 Å². The van der Waals surface area contributed by atoms with Crippen LogP contribution in [0.4, 0.5) is 0 Å². The van der Waals surface area contributed by atoms with Crippen molar-refractivity contribution >= 4 is 11.6 Å². The highest BCUT2D eigenvalue weighted by atomic mass is 35.5. The van der Waals surface area contributed by atoms with Crippen molar-refractivity contribution in [1.29, 1.82) is 0 Å². The molecule has 0 atom stereocenters. The van der Waals surface area contributed by atoms with Gasteiger partial charge in [-0.05, 0) is 6.08 Å². The predicted molar refractivity (Wildman–Crippen MR) is 41.6 cm³/mol. The summed E-state index contributed by atoms with van der Waals surface area (Å²) in [5.41, 5.74) is 0.0525. The number of hydrogen-bond donors (Lipinski definition) is 0. The smallest absolute Gasteiger partial charge is 0.283 e. The minimum absolute atomic E-state index is 0.0525. The van der Waals surface area contributed by atoms with E-state index in [1.807, 2.05) is 0 Å². The fourth-order valence-electron chi connectivity index (χ4n) is 0.798. The van der Waals surface area contributed by atoms with Gasteiger partial charge in [0, 0.05) is 13.2 Å². The van der Waals surface area contributed by atoms with Crippen LogP contribution in [0.3, 0.4) is 0 Å². The Balaban J connectivity index is 2.90. The number of halogens is 1. The van der Waals surface area contributed by atoms with Crippen LogP contribution < -0.4 is 0 Å². The number of nitro groups is 1. The molecule has 0 bridgehead atoms. The minimum Gasteiger partial charge on any atom is -0.370 e. The van der Waals surface area contributed by atoms with Crippen molar-refractivity contribution in [2.24, 2.45) is 0 Å². The molecule has 4 nitrogen and oxygen atoms in total. The molecule has 0 N–H and O–H groups in total. The minimum atomic E-state index is -0.456. The maximum atomic E-state index is 10.3. The summed E-state index contributed by atoms with van der Waals surface area (Å²) < 4.78 is 0. The highest BCUT2D eigenvalue weighted by molar-refractivity contribution is 6.31. The second-order valence-corrected chi connectivity index (χ2v) is 2.69. The number of nitrogens with zero attached hydrogens (tertiary/aromatic N) is 2. The number of likely N-dealkylation sites (N-methyl/N-ethyl adjacent to an activating group) is 1. The van der Waals surface area contributed by atoms with Gasteiger partial charge in [-0.1, -0.05) is 11.6 Å². The van der Waals surface area contributed by atoms with Crippen molar-refractivity contribution in [3.63, 3.8) is 0 Å². The van der Waals surface area contributed by atoms with Crippen LogP contribution in [0.5, 0.6) is 0 Å². The lowest BCUT2D eigenvalue weighted by atomic mass is 10.3. The van der Waals surface area contributed by atoms with Crippen LogP contribution in [-0.2, 0) is 0 Å². The van der Waals surface area contributed by atoms with Gasteiger partial charge in [0.25, 0.3) is 5.70 Å². The van der Waals surface area contributed by atoms with Crippen molar-refractivity contribution in [2.75, 3.05) is 13.6 Å². The van der Waals surface area contributed by atoms with Gasteiger partial charge in [-0.3, -0.25) is 10.1 Å². The van der Waals surface area contributed by atoms with E-state index in [1.54, 1.807) is 18.1 Å². The summed E-state index contributed by atoms with van der Waals surface area (Å²) in [4.78, 5) is 11.6. The summed E-state index contributed by atoms with van der Waals surface area (Å²) in [7, 11) is 1.75. The first-order valence-corrected chi connectivity index (χ1v) is 3.40. The summed E-state index contributed by atoms with van der Waals surface area (Å²) in [6.45, 7) is 0.266. The fourth-order valence-corrected chi connectivity index (χ4v) is 0.983. The average Bonchev–Trinajstić information content (AvgIpc) is 1.94. The molecule has 0 spiro atoms. The van der Waals surface area contributed by atoms with Crippen LogP contribution in [0.2, 0.25) is 0 Å². The van der Waals surface area contributed by atoms with E-state index in [0.29, 0.717) is 0 Å². The van der Waals surface area contributed by atoms with Gasteiger partial charge in [0.15, 0.2) is 0 Å². The predicted octanol–water partition coefficient (Wildman–Crippen LogP) is 1.17. The molecule has 0 amide bonds. The maximum absolute atomic E-state index is 10.3. The summed E-state index contributed by atoms with van der Waals surface area (Å²) >= 11 is 5.57. The molecule has 0 saturated carbocycles. The van der Waals surface area contributed by atoms with E-state index in [4.69, 9.17) is 11.6 Å². The van der Waals surface area contributed by atoms with Crippen LogP contribution in [0, 0.1) is 10.1 Å². The number of allylic oxidation sites excluding steroid dienone is 2. The Morgan fingerprint density at radius 2 is 2.45 bits per heavy atom. The van der Waals surface area contributed by atoms with Gasteiger partial charge in [-0.2, -0.15) is 0 Å². The maximum Gasteiger partial charge on any atom is 0.283 e. The molecule has 1 aliphatic rings. The Bertz CT molecular complexity index is 247. The van der Waals surface area contributed by atoms with Gasteiger partial charge in [0.1, 0.15) is 11.6 Å². The zero-order chi connectivity index (χ0) is 8.43. The van der Waals surface area contributed by atoms with Gasteiger partial charge >= 0.3 is 0 Å². The molecule has 0 aromatic carbocycles. The van der Waals surface area contributed by atoms with Gasteiger partial charge in [0.05, 0.1) is 4.92 Å². The highest BCUT2D eigenvalue weighted by Gasteiger charge is 2.19. The van der Waals surface area contributed by atoms with Crippen LogP contribution in [0.25, 0.3) is 0 Å². The van der Waals surface area contributed by atoms with E-state index >= 15 is 0 Å². The van der Waals surface area contributed by atoms with Gasteiger partial charge in [0.2, 0.25) is 0 Å². The Hall–Kier alpha value is -1.03.